The molecule has 0 fully saturated rings. The van der Waals surface area contributed by atoms with Gasteiger partial charge < -0.3 is 15.4 Å². The molecular formula is C25H25BrN2O3. The van der Waals surface area contributed by atoms with E-state index in [9.17, 15) is 9.59 Å². The van der Waals surface area contributed by atoms with Crippen molar-refractivity contribution in [1.82, 2.24) is 5.32 Å². The third kappa shape index (κ3) is 6.69. The first-order chi connectivity index (χ1) is 14.9. The molecule has 5 nitrogen and oxygen atoms in total. The second kappa shape index (κ2) is 10.8. The average Bonchev–Trinajstić information content (AvgIpc) is 2.75. The minimum absolute atomic E-state index is 0.0654. The summed E-state index contributed by atoms with van der Waals surface area (Å²) in [4.78, 5) is 24.6. The Morgan fingerprint density at radius 2 is 1.58 bits per heavy atom. The van der Waals surface area contributed by atoms with Crippen molar-refractivity contribution in [1.29, 1.82) is 0 Å². The molecule has 3 rings (SSSR count). The Kier molecular flexibility index (Phi) is 7.84. The molecule has 3 aromatic carbocycles. The number of anilines is 1. The van der Waals surface area contributed by atoms with Gasteiger partial charge in [-0.15, -0.1) is 0 Å². The summed E-state index contributed by atoms with van der Waals surface area (Å²) in [5, 5.41) is 5.68. The highest BCUT2D eigenvalue weighted by molar-refractivity contribution is 9.10. The smallest absolute Gasteiger partial charge is 0.255 e. The van der Waals surface area contributed by atoms with Gasteiger partial charge in [0.15, 0.2) is 0 Å². The zero-order valence-electron chi connectivity index (χ0n) is 17.5. The van der Waals surface area contributed by atoms with Crippen LogP contribution in [0.5, 0.6) is 5.75 Å². The third-order valence-corrected chi connectivity index (χ3v) is 5.13. The number of amides is 2. The summed E-state index contributed by atoms with van der Waals surface area (Å²) < 4.78 is 6.56. The van der Waals surface area contributed by atoms with E-state index < -0.39 is 0 Å². The van der Waals surface area contributed by atoms with E-state index >= 15 is 0 Å². The van der Waals surface area contributed by atoms with E-state index in [0.29, 0.717) is 33.6 Å². The molecule has 2 amide bonds. The third-order valence-electron chi connectivity index (χ3n) is 4.51. The van der Waals surface area contributed by atoms with Crippen LogP contribution in [0.2, 0.25) is 0 Å². The molecule has 0 saturated carbocycles. The van der Waals surface area contributed by atoms with Gasteiger partial charge in [0, 0.05) is 29.3 Å². The van der Waals surface area contributed by atoms with Crippen molar-refractivity contribution in [3.8, 4) is 5.75 Å². The molecule has 2 N–H and O–H groups in total. The number of nitrogens with one attached hydrogen (secondary N) is 2. The lowest BCUT2D eigenvalue weighted by Gasteiger charge is -2.11. The highest BCUT2D eigenvalue weighted by Gasteiger charge is 2.11. The van der Waals surface area contributed by atoms with E-state index in [1.54, 1.807) is 42.5 Å². The fourth-order valence-electron chi connectivity index (χ4n) is 2.94. The van der Waals surface area contributed by atoms with Crippen molar-refractivity contribution in [2.75, 3.05) is 11.9 Å². The summed E-state index contributed by atoms with van der Waals surface area (Å²) >= 11 is 3.48. The number of halogens is 1. The van der Waals surface area contributed by atoms with Crippen molar-refractivity contribution in [2.45, 2.75) is 26.3 Å². The number of hydrogen-bond donors (Lipinski definition) is 2. The van der Waals surface area contributed by atoms with Gasteiger partial charge in [-0.05, 0) is 77.8 Å². The summed E-state index contributed by atoms with van der Waals surface area (Å²) in [5.74, 6) is 0.309. The van der Waals surface area contributed by atoms with E-state index in [4.69, 9.17) is 4.74 Å². The molecule has 0 aliphatic heterocycles. The molecule has 6 heteroatoms. The molecule has 0 heterocycles. The summed E-state index contributed by atoms with van der Waals surface area (Å²) in [6.45, 7) is 4.36. The molecule has 0 atom stereocenters. The average molecular weight is 481 g/mol. The maximum absolute atomic E-state index is 12.6. The minimum Gasteiger partial charge on any atom is -0.492 e. The van der Waals surface area contributed by atoms with E-state index in [1.807, 2.05) is 32.0 Å². The van der Waals surface area contributed by atoms with Crippen LogP contribution in [0.4, 0.5) is 5.69 Å². The minimum atomic E-state index is -0.240. The molecule has 0 saturated heterocycles. The van der Waals surface area contributed by atoms with Gasteiger partial charge in [-0.25, -0.2) is 0 Å². The van der Waals surface area contributed by atoms with Gasteiger partial charge in [0.05, 0.1) is 11.1 Å². The zero-order chi connectivity index (χ0) is 22.2. The lowest BCUT2D eigenvalue weighted by molar-refractivity contribution is 0.0942. The van der Waals surface area contributed by atoms with Crippen molar-refractivity contribution >= 4 is 33.4 Å². The molecule has 160 valence electrons. The van der Waals surface area contributed by atoms with Crippen LogP contribution in [0.3, 0.4) is 0 Å². The Bertz CT molecular complexity index is 1030. The molecule has 0 unspecified atom stereocenters. The Labute approximate surface area is 191 Å². The molecule has 3 aromatic rings. The first-order valence-corrected chi connectivity index (χ1v) is 10.9. The number of hydrogen-bond acceptors (Lipinski definition) is 3. The van der Waals surface area contributed by atoms with E-state index in [1.165, 1.54) is 5.56 Å². The van der Waals surface area contributed by atoms with E-state index in [-0.39, 0.29) is 17.9 Å². The second-order valence-corrected chi connectivity index (χ2v) is 8.24. The molecule has 0 aliphatic carbocycles. The number of benzene rings is 3. The topological polar surface area (TPSA) is 67.4 Å². The molecule has 0 radical (unpaired) electrons. The Balaban J connectivity index is 1.56. The summed E-state index contributed by atoms with van der Waals surface area (Å²) in [6.07, 6.45) is 0.806. The first kappa shape index (κ1) is 22.6. The number of carbonyl (C=O) groups excluding carboxylic acids is 2. The highest BCUT2D eigenvalue weighted by atomic mass is 79.9. The molecule has 0 aliphatic rings. The molecule has 0 aromatic heterocycles. The van der Waals surface area contributed by atoms with Gasteiger partial charge in [0.2, 0.25) is 0 Å². The Hall–Kier alpha value is -3.12. The lowest BCUT2D eigenvalue weighted by Crippen LogP contribution is -2.30. The van der Waals surface area contributed by atoms with Crippen LogP contribution >= 0.6 is 15.9 Å². The summed E-state index contributed by atoms with van der Waals surface area (Å²) in [7, 11) is 0. The standard InChI is InChI=1S/C25H25BrN2O3/c1-17(2)27-24(29)19-8-11-21(12-9-19)28-25(30)20-10-13-23(22(26)16-20)31-15-14-18-6-4-3-5-7-18/h3-13,16-17H,14-15H2,1-2H3,(H,27,29)(H,28,30). The van der Waals surface area contributed by atoms with Gasteiger partial charge in [-0.3, -0.25) is 9.59 Å². The molecule has 0 bridgehead atoms. The van der Waals surface area contributed by atoms with Crippen LogP contribution in [0, 0.1) is 0 Å². The SMILES string of the molecule is CC(C)NC(=O)c1ccc(NC(=O)c2ccc(OCCc3ccccc3)c(Br)c2)cc1. The fraction of sp³-hybridized carbons (Fsp3) is 0.200. The van der Waals surface area contributed by atoms with E-state index in [0.717, 1.165) is 6.42 Å². The van der Waals surface area contributed by atoms with Crippen LogP contribution in [0.25, 0.3) is 0 Å². The first-order valence-electron chi connectivity index (χ1n) is 10.1. The lowest BCUT2D eigenvalue weighted by atomic mass is 10.1. The molecule has 31 heavy (non-hydrogen) atoms. The Morgan fingerprint density at radius 1 is 0.903 bits per heavy atom. The van der Waals surface area contributed by atoms with Gasteiger partial charge in [-0.2, -0.15) is 0 Å². The maximum Gasteiger partial charge on any atom is 0.255 e. The van der Waals surface area contributed by atoms with Gasteiger partial charge in [0.1, 0.15) is 5.75 Å². The summed E-state index contributed by atoms with van der Waals surface area (Å²) in [5.41, 5.74) is 2.88. The van der Waals surface area contributed by atoms with Crippen LogP contribution < -0.4 is 15.4 Å². The predicted octanol–water partition coefficient (Wildman–Crippen LogP) is 5.46. The predicted molar refractivity (Wildman–Crippen MR) is 127 cm³/mol. The van der Waals surface area contributed by atoms with Crippen molar-refractivity contribution in [3.05, 3.63) is 94.0 Å². The molecular weight excluding hydrogens is 456 g/mol. The van der Waals surface area contributed by atoms with Crippen molar-refractivity contribution < 1.29 is 14.3 Å². The second-order valence-electron chi connectivity index (χ2n) is 7.39. The number of carbonyl (C=O) groups is 2. The monoisotopic (exact) mass is 480 g/mol. The van der Waals surface area contributed by atoms with Crippen LogP contribution in [0.15, 0.2) is 77.3 Å². The molecule has 0 spiro atoms. The largest absolute Gasteiger partial charge is 0.492 e. The van der Waals surface area contributed by atoms with Crippen LogP contribution in [-0.4, -0.2) is 24.5 Å². The van der Waals surface area contributed by atoms with Crippen LogP contribution in [-0.2, 0) is 6.42 Å². The van der Waals surface area contributed by atoms with Gasteiger partial charge in [0.25, 0.3) is 11.8 Å². The fourth-order valence-corrected chi connectivity index (χ4v) is 3.43. The van der Waals surface area contributed by atoms with Crippen LogP contribution in [0.1, 0.15) is 40.1 Å². The van der Waals surface area contributed by atoms with Crippen molar-refractivity contribution in [2.24, 2.45) is 0 Å². The van der Waals surface area contributed by atoms with Crippen molar-refractivity contribution in [3.63, 3.8) is 0 Å². The quantitative estimate of drug-likeness (QED) is 0.449. The highest BCUT2D eigenvalue weighted by Crippen LogP contribution is 2.26. The number of ether oxygens (including phenoxy) is 1. The maximum atomic E-state index is 12.6. The van der Waals surface area contributed by atoms with Gasteiger partial charge >= 0.3 is 0 Å². The number of rotatable bonds is 8. The zero-order valence-corrected chi connectivity index (χ0v) is 19.1. The summed E-state index contributed by atoms with van der Waals surface area (Å²) in [6, 6.07) is 22.2. The Morgan fingerprint density at radius 3 is 2.23 bits per heavy atom. The normalized spacial score (nSPS) is 10.6. The van der Waals surface area contributed by atoms with E-state index in [2.05, 4.69) is 38.7 Å². The van der Waals surface area contributed by atoms with Gasteiger partial charge in [-0.1, -0.05) is 30.3 Å².